The van der Waals surface area contributed by atoms with Gasteiger partial charge in [0.25, 0.3) is 5.56 Å². The van der Waals surface area contributed by atoms with E-state index in [1.165, 1.54) is 0 Å². The zero-order chi connectivity index (χ0) is 20.9. The third kappa shape index (κ3) is 2.76. The number of ether oxygens (including phenoxy) is 3. The molecule has 5 rings (SSSR count). The van der Waals surface area contributed by atoms with E-state index in [-0.39, 0.29) is 36.7 Å². The molecule has 8 nitrogen and oxygen atoms in total. The van der Waals surface area contributed by atoms with Gasteiger partial charge in [0.1, 0.15) is 13.4 Å². The minimum atomic E-state index is -2.08. The summed E-state index contributed by atoms with van der Waals surface area (Å²) >= 11 is 0. The van der Waals surface area contributed by atoms with E-state index in [0.29, 0.717) is 24.5 Å². The van der Waals surface area contributed by atoms with Crippen LogP contribution in [-0.2, 0) is 37.8 Å². The number of carbonyl (C=O) groups excluding carboxylic acids is 1. The fraction of sp³-hybridized carbons (Fsp3) is 0.318. The van der Waals surface area contributed by atoms with Crippen LogP contribution >= 0.6 is 0 Å². The van der Waals surface area contributed by atoms with Crippen LogP contribution in [0.3, 0.4) is 0 Å². The van der Waals surface area contributed by atoms with Crippen LogP contribution < -0.4 is 5.56 Å². The lowest BCUT2D eigenvalue weighted by Crippen LogP contribution is -2.48. The Morgan fingerprint density at radius 1 is 1.23 bits per heavy atom. The quantitative estimate of drug-likeness (QED) is 0.305. The maximum Gasteiger partial charge on any atom is 0.345 e. The largest absolute Gasteiger partial charge is 0.458 e. The number of rotatable bonds is 5. The number of esters is 1. The van der Waals surface area contributed by atoms with Gasteiger partial charge in [0.05, 0.1) is 35.6 Å². The van der Waals surface area contributed by atoms with Crippen LogP contribution in [0.4, 0.5) is 0 Å². The molecule has 0 saturated carbocycles. The number of aliphatic hydroxyl groups is 1. The summed E-state index contributed by atoms with van der Waals surface area (Å²) in [6.45, 7) is 1.97. The number of hydrogen-bond acceptors (Lipinski definition) is 7. The van der Waals surface area contributed by atoms with Gasteiger partial charge in [-0.15, -0.1) is 0 Å². The molecule has 4 heterocycles. The van der Waals surface area contributed by atoms with Crippen molar-refractivity contribution in [1.29, 1.82) is 0 Å². The fourth-order valence-corrected chi connectivity index (χ4v) is 4.06. The van der Waals surface area contributed by atoms with Crippen LogP contribution in [0.5, 0.6) is 0 Å². The highest BCUT2D eigenvalue weighted by atomic mass is 16.7. The first-order valence-electron chi connectivity index (χ1n) is 9.74. The van der Waals surface area contributed by atoms with Crippen molar-refractivity contribution in [3.63, 3.8) is 0 Å². The summed E-state index contributed by atoms with van der Waals surface area (Å²) in [6.07, 6.45) is 0. The SMILES string of the molecule is CCOCOCC1(O)C(=O)OCc2c1cc1n(c2=O)Cc2cc3ccccc3nc2-1. The fourth-order valence-electron chi connectivity index (χ4n) is 4.06. The molecule has 1 N–H and O–H groups in total. The Hall–Kier alpha value is -3.07. The molecular weight excluding hydrogens is 388 g/mol. The molecule has 0 aliphatic carbocycles. The molecule has 0 fully saturated rings. The Morgan fingerprint density at radius 3 is 2.90 bits per heavy atom. The van der Waals surface area contributed by atoms with E-state index in [1.807, 2.05) is 30.3 Å². The van der Waals surface area contributed by atoms with Gasteiger partial charge in [-0.2, -0.15) is 0 Å². The highest BCUT2D eigenvalue weighted by Crippen LogP contribution is 2.37. The van der Waals surface area contributed by atoms with Gasteiger partial charge in [-0.3, -0.25) is 4.79 Å². The van der Waals surface area contributed by atoms with E-state index in [2.05, 4.69) is 0 Å². The topological polar surface area (TPSA) is 99.9 Å². The first kappa shape index (κ1) is 18.9. The zero-order valence-electron chi connectivity index (χ0n) is 16.4. The van der Waals surface area contributed by atoms with Crippen LogP contribution in [0, 0.1) is 0 Å². The molecule has 30 heavy (non-hydrogen) atoms. The predicted octanol–water partition coefficient (Wildman–Crippen LogP) is 1.68. The number of hydrogen-bond donors (Lipinski definition) is 1. The summed E-state index contributed by atoms with van der Waals surface area (Å²) in [5.41, 5.74) is 1.02. The second-order valence-corrected chi connectivity index (χ2v) is 7.40. The van der Waals surface area contributed by atoms with E-state index in [4.69, 9.17) is 19.2 Å². The number of para-hydroxylation sites is 1. The Bertz CT molecular complexity index is 1230. The van der Waals surface area contributed by atoms with Crippen molar-refractivity contribution in [2.24, 2.45) is 0 Å². The minimum absolute atomic E-state index is 0.0816. The number of nitrogens with zero attached hydrogens (tertiary/aromatic N) is 2. The van der Waals surface area contributed by atoms with Gasteiger partial charge in [0.15, 0.2) is 0 Å². The average Bonchev–Trinajstić information content (AvgIpc) is 3.11. The van der Waals surface area contributed by atoms with Crippen molar-refractivity contribution < 1.29 is 24.1 Å². The van der Waals surface area contributed by atoms with Crippen molar-refractivity contribution in [2.75, 3.05) is 20.0 Å². The smallest absolute Gasteiger partial charge is 0.345 e. The molecule has 0 saturated heterocycles. The van der Waals surface area contributed by atoms with E-state index < -0.39 is 11.6 Å². The third-order valence-corrected chi connectivity index (χ3v) is 5.59. The number of benzene rings is 1. The number of cyclic esters (lactones) is 1. The van der Waals surface area contributed by atoms with E-state index in [0.717, 1.165) is 16.5 Å². The van der Waals surface area contributed by atoms with Gasteiger partial charge in [0.2, 0.25) is 5.60 Å². The summed E-state index contributed by atoms with van der Waals surface area (Å²) in [5, 5.41) is 12.1. The third-order valence-electron chi connectivity index (χ3n) is 5.59. The molecule has 2 aromatic heterocycles. The summed E-state index contributed by atoms with van der Waals surface area (Å²) in [7, 11) is 0. The molecule has 1 atom stereocenters. The second kappa shape index (κ2) is 7.02. The molecule has 2 aliphatic heterocycles. The van der Waals surface area contributed by atoms with Gasteiger partial charge < -0.3 is 23.9 Å². The van der Waals surface area contributed by atoms with Crippen molar-refractivity contribution in [3.8, 4) is 11.4 Å². The molecule has 3 aromatic rings. The van der Waals surface area contributed by atoms with Crippen molar-refractivity contribution in [3.05, 3.63) is 63.4 Å². The number of pyridine rings is 2. The molecule has 1 aromatic carbocycles. The zero-order valence-corrected chi connectivity index (χ0v) is 16.4. The van der Waals surface area contributed by atoms with Gasteiger partial charge in [0, 0.05) is 23.1 Å². The molecule has 0 radical (unpaired) electrons. The van der Waals surface area contributed by atoms with Crippen LogP contribution in [0.25, 0.3) is 22.3 Å². The van der Waals surface area contributed by atoms with Gasteiger partial charge in [-0.25, -0.2) is 9.78 Å². The normalized spacial score (nSPS) is 19.3. The number of fused-ring (bicyclic) bond motifs is 5. The number of aromatic nitrogens is 2. The molecule has 0 spiro atoms. The Balaban J connectivity index is 1.64. The van der Waals surface area contributed by atoms with Gasteiger partial charge >= 0.3 is 5.97 Å². The van der Waals surface area contributed by atoms with Gasteiger partial charge in [-0.1, -0.05) is 18.2 Å². The second-order valence-electron chi connectivity index (χ2n) is 7.40. The molecule has 0 amide bonds. The molecular formula is C22H20N2O6. The van der Waals surface area contributed by atoms with Gasteiger partial charge in [-0.05, 0) is 25.1 Å². The van der Waals surface area contributed by atoms with Crippen LogP contribution in [-0.4, -0.2) is 40.6 Å². The summed E-state index contributed by atoms with van der Waals surface area (Å²) in [6, 6.07) is 11.4. The minimum Gasteiger partial charge on any atom is -0.458 e. The maximum absolute atomic E-state index is 13.2. The highest BCUT2D eigenvalue weighted by Gasteiger charge is 2.47. The van der Waals surface area contributed by atoms with Crippen molar-refractivity contribution in [2.45, 2.75) is 25.7 Å². The lowest BCUT2D eigenvalue weighted by Gasteiger charge is -2.32. The summed E-state index contributed by atoms with van der Waals surface area (Å²) in [5.74, 6) is -0.847. The lowest BCUT2D eigenvalue weighted by atomic mass is 9.88. The van der Waals surface area contributed by atoms with E-state index in [9.17, 15) is 14.7 Å². The Labute approximate surface area is 171 Å². The first-order chi connectivity index (χ1) is 14.5. The Kier molecular flexibility index (Phi) is 4.43. The molecule has 2 aliphatic rings. The molecule has 0 bridgehead atoms. The monoisotopic (exact) mass is 408 g/mol. The van der Waals surface area contributed by atoms with Crippen LogP contribution in [0.15, 0.2) is 41.2 Å². The highest BCUT2D eigenvalue weighted by molar-refractivity contribution is 5.86. The Morgan fingerprint density at radius 2 is 2.07 bits per heavy atom. The molecule has 8 heteroatoms. The predicted molar refractivity (Wildman–Crippen MR) is 107 cm³/mol. The molecule has 154 valence electrons. The summed E-state index contributed by atoms with van der Waals surface area (Å²) in [4.78, 5) is 30.4. The van der Waals surface area contributed by atoms with Crippen LogP contribution in [0.1, 0.15) is 23.6 Å². The maximum atomic E-state index is 13.2. The van der Waals surface area contributed by atoms with Crippen LogP contribution in [0.2, 0.25) is 0 Å². The standard InChI is InChI=1S/C22H20N2O6/c1-2-28-12-29-11-22(27)16-8-18-19-14(7-13-5-3-4-6-17(13)23-19)9-24(18)20(25)15(16)10-30-21(22)26/h3-8,27H,2,9-12H2,1H3. The number of carbonyl (C=O) groups is 1. The summed E-state index contributed by atoms with van der Waals surface area (Å²) < 4.78 is 17.2. The average molecular weight is 408 g/mol. The molecule has 1 unspecified atom stereocenters. The van der Waals surface area contributed by atoms with E-state index in [1.54, 1.807) is 17.6 Å². The lowest BCUT2D eigenvalue weighted by molar-refractivity contribution is -0.185. The van der Waals surface area contributed by atoms with Crippen molar-refractivity contribution >= 4 is 16.9 Å². The van der Waals surface area contributed by atoms with Crippen molar-refractivity contribution in [1.82, 2.24) is 9.55 Å². The van der Waals surface area contributed by atoms with E-state index >= 15 is 0 Å². The first-order valence-corrected chi connectivity index (χ1v) is 9.74.